The van der Waals surface area contributed by atoms with Gasteiger partial charge in [0.25, 0.3) is 0 Å². The van der Waals surface area contributed by atoms with Crippen LogP contribution in [0.3, 0.4) is 0 Å². The molecule has 1 aromatic carbocycles. The van der Waals surface area contributed by atoms with E-state index in [4.69, 9.17) is 12.2 Å². The van der Waals surface area contributed by atoms with Crippen LogP contribution in [0.4, 0.5) is 18.9 Å². The van der Waals surface area contributed by atoms with Gasteiger partial charge < -0.3 is 10.2 Å². The van der Waals surface area contributed by atoms with Gasteiger partial charge in [0.05, 0.1) is 4.99 Å². The first-order valence-electron chi connectivity index (χ1n) is 7.03. The van der Waals surface area contributed by atoms with Crippen LogP contribution in [-0.4, -0.2) is 34.1 Å². The number of piperidine rings is 1. The molecule has 1 fully saturated rings. The molecule has 0 saturated carbocycles. The Hall–Kier alpha value is -1.21. The molecule has 118 valence electrons. The Bertz CT molecular complexity index is 642. The maximum Gasteiger partial charge on any atom is 0.441 e. The van der Waals surface area contributed by atoms with E-state index < -0.39 is 11.2 Å². The molecular formula is C15H15F3N2S2. The van der Waals surface area contributed by atoms with E-state index in [9.17, 15) is 13.2 Å². The van der Waals surface area contributed by atoms with E-state index in [1.807, 2.05) is 18.2 Å². The lowest BCUT2D eigenvalue weighted by Gasteiger charge is -2.34. The number of likely N-dealkylation sites (tertiary alicyclic amines) is 1. The summed E-state index contributed by atoms with van der Waals surface area (Å²) in [6.07, 6.45) is -3.54. The van der Waals surface area contributed by atoms with Gasteiger partial charge in [0.2, 0.25) is 0 Å². The summed E-state index contributed by atoms with van der Waals surface area (Å²) in [4.78, 5) is 1.08. The van der Waals surface area contributed by atoms with E-state index in [0.717, 1.165) is 23.2 Å². The Balaban J connectivity index is 1.85. The highest BCUT2D eigenvalue weighted by Gasteiger charge is 2.44. The molecule has 1 N–H and O–H groups in total. The van der Waals surface area contributed by atoms with Gasteiger partial charge in [-0.3, -0.25) is 0 Å². The number of anilines is 1. The average Bonchev–Trinajstić information content (AvgIpc) is 2.67. The highest BCUT2D eigenvalue weighted by Crippen LogP contribution is 2.47. The second-order valence-electron chi connectivity index (χ2n) is 5.86. The molecule has 2 bridgehead atoms. The normalized spacial score (nSPS) is 23.2. The average molecular weight is 344 g/mol. The predicted octanol–water partition coefficient (Wildman–Crippen LogP) is 4.22. The number of rotatable bonds is 1. The number of thiocarbonyl (C=S) groups is 2. The van der Waals surface area contributed by atoms with Gasteiger partial charge in [-0.25, -0.2) is 0 Å². The molecule has 3 rings (SSSR count). The summed E-state index contributed by atoms with van der Waals surface area (Å²) in [7, 11) is 0. The minimum atomic E-state index is -4.43. The lowest BCUT2D eigenvalue weighted by Crippen LogP contribution is -2.45. The summed E-state index contributed by atoms with van der Waals surface area (Å²) in [6, 6.07) is 5.94. The minimum absolute atomic E-state index is 0.0984. The predicted molar refractivity (Wildman–Crippen MR) is 88.7 cm³/mol. The van der Waals surface area contributed by atoms with Crippen LogP contribution in [0.25, 0.3) is 0 Å². The molecule has 7 heteroatoms. The van der Waals surface area contributed by atoms with Crippen molar-refractivity contribution in [3.05, 3.63) is 29.3 Å². The van der Waals surface area contributed by atoms with E-state index in [1.54, 1.807) is 6.92 Å². The van der Waals surface area contributed by atoms with Gasteiger partial charge in [-0.05, 0) is 36.6 Å². The highest BCUT2D eigenvalue weighted by molar-refractivity contribution is 7.80. The molecule has 1 aromatic rings. The van der Waals surface area contributed by atoms with Crippen LogP contribution in [0.5, 0.6) is 0 Å². The Labute approximate surface area is 137 Å². The van der Waals surface area contributed by atoms with Crippen molar-refractivity contribution >= 4 is 40.1 Å². The van der Waals surface area contributed by atoms with E-state index in [0.29, 0.717) is 18.1 Å². The van der Waals surface area contributed by atoms with Crippen LogP contribution in [0, 0.1) is 0 Å². The third-order valence-corrected chi connectivity index (χ3v) is 4.86. The maximum atomic E-state index is 12.8. The molecular weight excluding hydrogens is 329 g/mol. The van der Waals surface area contributed by atoms with Gasteiger partial charge in [0.15, 0.2) is 4.99 Å². The first-order valence-corrected chi connectivity index (χ1v) is 7.85. The molecule has 2 nitrogen and oxygen atoms in total. The van der Waals surface area contributed by atoms with Crippen LogP contribution >= 0.6 is 24.4 Å². The second kappa shape index (κ2) is 5.45. The van der Waals surface area contributed by atoms with E-state index in [2.05, 4.69) is 17.5 Å². The molecule has 1 saturated heterocycles. The SMILES string of the molecule is CC(=S)Nc1ccc2c(c1)C1CC2CN(C(=S)C(F)(F)F)C1. The van der Waals surface area contributed by atoms with E-state index >= 15 is 0 Å². The van der Waals surface area contributed by atoms with Crippen LogP contribution in [0.2, 0.25) is 0 Å². The fraction of sp³-hybridized carbons (Fsp3) is 0.467. The zero-order valence-electron chi connectivity index (χ0n) is 11.9. The molecule has 0 spiro atoms. The topological polar surface area (TPSA) is 15.3 Å². The van der Waals surface area contributed by atoms with Crippen molar-refractivity contribution in [3.8, 4) is 0 Å². The first-order chi connectivity index (χ1) is 10.3. The highest BCUT2D eigenvalue weighted by atomic mass is 32.1. The van der Waals surface area contributed by atoms with Gasteiger partial charge in [0, 0.05) is 30.6 Å². The minimum Gasteiger partial charge on any atom is -0.357 e. The number of benzene rings is 1. The number of halogens is 3. The Morgan fingerprint density at radius 3 is 2.41 bits per heavy atom. The number of fused-ring (bicyclic) bond motifs is 5. The summed E-state index contributed by atoms with van der Waals surface area (Å²) in [5, 5.41) is 3.08. The Morgan fingerprint density at radius 2 is 1.82 bits per heavy atom. The zero-order chi connectivity index (χ0) is 16.1. The largest absolute Gasteiger partial charge is 0.441 e. The molecule has 2 atom stereocenters. The fourth-order valence-electron chi connectivity index (χ4n) is 3.48. The third kappa shape index (κ3) is 2.84. The maximum absolute atomic E-state index is 12.8. The molecule has 1 aliphatic heterocycles. The second-order valence-corrected chi connectivity index (χ2v) is 6.86. The monoisotopic (exact) mass is 344 g/mol. The van der Waals surface area contributed by atoms with Gasteiger partial charge in [-0.15, -0.1) is 0 Å². The van der Waals surface area contributed by atoms with Gasteiger partial charge in [-0.1, -0.05) is 30.5 Å². The molecule has 2 unspecified atom stereocenters. The molecule has 1 aliphatic carbocycles. The van der Waals surface area contributed by atoms with Crippen molar-refractivity contribution in [1.82, 2.24) is 4.90 Å². The standard InChI is InChI=1S/C15H15F3N2S2/c1-8(21)19-11-2-3-12-9-4-10(13(12)5-11)7-20(6-9)14(22)15(16,17)18/h2-3,5,9-10H,4,6-7H2,1H3,(H,19,21). The smallest absolute Gasteiger partial charge is 0.357 e. The van der Waals surface area contributed by atoms with Crippen molar-refractivity contribution in [2.45, 2.75) is 31.4 Å². The van der Waals surface area contributed by atoms with Crippen LogP contribution in [0.15, 0.2) is 18.2 Å². The first kappa shape index (κ1) is 15.7. The molecule has 0 aromatic heterocycles. The fourth-order valence-corrected chi connectivity index (χ4v) is 3.74. The van der Waals surface area contributed by atoms with Crippen LogP contribution in [-0.2, 0) is 0 Å². The summed E-state index contributed by atoms with van der Waals surface area (Å²) < 4.78 is 38.5. The van der Waals surface area contributed by atoms with Crippen molar-refractivity contribution < 1.29 is 13.2 Å². The zero-order valence-corrected chi connectivity index (χ0v) is 13.5. The number of alkyl halides is 3. The number of nitrogens with zero attached hydrogens (tertiary/aromatic N) is 1. The summed E-state index contributed by atoms with van der Waals surface area (Å²) in [6.45, 7) is 2.48. The molecule has 0 amide bonds. The summed E-state index contributed by atoms with van der Waals surface area (Å²) in [5.74, 6) is 0.220. The lowest BCUT2D eigenvalue weighted by atomic mass is 9.96. The number of nitrogens with one attached hydrogen (secondary N) is 1. The molecule has 1 heterocycles. The number of hydrogen-bond donors (Lipinski definition) is 1. The van der Waals surface area contributed by atoms with E-state index in [1.165, 1.54) is 4.90 Å². The van der Waals surface area contributed by atoms with Gasteiger partial charge in [-0.2, -0.15) is 13.2 Å². The van der Waals surface area contributed by atoms with E-state index in [-0.39, 0.29) is 11.8 Å². The van der Waals surface area contributed by atoms with Crippen molar-refractivity contribution in [3.63, 3.8) is 0 Å². The van der Waals surface area contributed by atoms with Crippen molar-refractivity contribution in [1.29, 1.82) is 0 Å². The van der Waals surface area contributed by atoms with Gasteiger partial charge >= 0.3 is 6.18 Å². The third-order valence-electron chi connectivity index (χ3n) is 4.27. The number of hydrogen-bond acceptors (Lipinski definition) is 2. The Kier molecular flexibility index (Phi) is 3.89. The molecule has 0 radical (unpaired) electrons. The summed E-state index contributed by atoms with van der Waals surface area (Å²) in [5.41, 5.74) is 3.16. The van der Waals surface area contributed by atoms with Crippen molar-refractivity contribution in [2.75, 3.05) is 18.4 Å². The van der Waals surface area contributed by atoms with Crippen LogP contribution < -0.4 is 5.32 Å². The Morgan fingerprint density at radius 1 is 1.18 bits per heavy atom. The summed E-state index contributed by atoms with van der Waals surface area (Å²) >= 11 is 9.64. The quantitative estimate of drug-likeness (QED) is 0.767. The van der Waals surface area contributed by atoms with Crippen LogP contribution in [0.1, 0.15) is 36.3 Å². The molecule has 2 aliphatic rings. The molecule has 22 heavy (non-hydrogen) atoms. The van der Waals surface area contributed by atoms with Gasteiger partial charge in [0.1, 0.15) is 0 Å². The lowest BCUT2D eigenvalue weighted by molar-refractivity contribution is -0.0668. The van der Waals surface area contributed by atoms with Crippen molar-refractivity contribution in [2.24, 2.45) is 0 Å².